The molecule has 8 nitrogen and oxygen atoms in total. The van der Waals surface area contributed by atoms with Crippen molar-refractivity contribution in [1.29, 1.82) is 0 Å². The smallest absolute Gasteiger partial charge is 0.425 e. The number of thiophene rings is 1. The molecule has 0 amide bonds. The molecule has 12 heteroatoms. The van der Waals surface area contributed by atoms with Crippen molar-refractivity contribution in [1.82, 2.24) is 24.7 Å². The van der Waals surface area contributed by atoms with Crippen molar-refractivity contribution in [2.75, 3.05) is 18.7 Å². The number of nitrogens with zero attached hydrogens (tertiary/aromatic N) is 5. The summed E-state index contributed by atoms with van der Waals surface area (Å²) < 4.78 is 51.6. The molecule has 0 fully saturated rings. The standard InChI is InChI=1S/C18H13F3N6O2S/c19-18(20,21)14-6-11-15(25-17(26-16(11)30-14)27-8-22-7-24-27)23-4-3-10-1-2-12-13(5-10)29-9-28-12/h1-2,5-8H,3-4,9H2,(H,23,25,26). The second kappa shape index (κ2) is 7.13. The molecule has 0 saturated heterocycles. The maximum absolute atomic E-state index is 13.2. The summed E-state index contributed by atoms with van der Waals surface area (Å²) >= 11 is 0.565. The number of fused-ring (bicyclic) bond motifs is 2. The molecule has 1 aromatic carbocycles. The lowest BCUT2D eigenvalue weighted by Crippen LogP contribution is -2.10. The van der Waals surface area contributed by atoms with E-state index in [4.69, 9.17) is 9.47 Å². The fourth-order valence-electron chi connectivity index (χ4n) is 3.02. The third-order valence-electron chi connectivity index (χ3n) is 4.43. The summed E-state index contributed by atoms with van der Waals surface area (Å²) in [5.41, 5.74) is 0.995. The van der Waals surface area contributed by atoms with Gasteiger partial charge in [-0.3, -0.25) is 0 Å². The highest BCUT2D eigenvalue weighted by Gasteiger charge is 2.33. The van der Waals surface area contributed by atoms with Crippen LogP contribution in [0.15, 0.2) is 36.9 Å². The molecule has 5 rings (SSSR count). The van der Waals surface area contributed by atoms with Gasteiger partial charge in [0.2, 0.25) is 6.79 Å². The highest BCUT2D eigenvalue weighted by molar-refractivity contribution is 7.18. The van der Waals surface area contributed by atoms with Gasteiger partial charge in [0.15, 0.2) is 11.5 Å². The van der Waals surface area contributed by atoms with Crippen molar-refractivity contribution in [3.8, 4) is 17.4 Å². The Morgan fingerprint density at radius 1 is 1.13 bits per heavy atom. The third-order valence-corrected chi connectivity index (χ3v) is 5.50. The van der Waals surface area contributed by atoms with E-state index in [0.717, 1.165) is 11.6 Å². The minimum atomic E-state index is -4.46. The quantitative estimate of drug-likeness (QED) is 0.513. The molecular weight excluding hydrogens is 421 g/mol. The van der Waals surface area contributed by atoms with Crippen LogP contribution in [-0.2, 0) is 12.6 Å². The Labute approximate surface area is 171 Å². The van der Waals surface area contributed by atoms with E-state index < -0.39 is 11.1 Å². The highest BCUT2D eigenvalue weighted by Crippen LogP contribution is 2.39. The first kappa shape index (κ1) is 18.6. The van der Waals surface area contributed by atoms with Gasteiger partial charge in [-0.05, 0) is 30.2 Å². The number of halogens is 3. The first-order valence-electron chi connectivity index (χ1n) is 8.83. The van der Waals surface area contributed by atoms with E-state index in [1.165, 1.54) is 17.3 Å². The summed E-state index contributed by atoms with van der Waals surface area (Å²) in [4.78, 5) is 11.9. The molecule has 0 aliphatic carbocycles. The molecule has 0 bridgehead atoms. The van der Waals surface area contributed by atoms with Crippen LogP contribution in [0.4, 0.5) is 19.0 Å². The van der Waals surface area contributed by atoms with Gasteiger partial charge in [-0.25, -0.2) is 4.98 Å². The maximum atomic E-state index is 13.2. The van der Waals surface area contributed by atoms with E-state index in [2.05, 4.69) is 25.4 Å². The first-order valence-corrected chi connectivity index (χ1v) is 9.65. The summed E-state index contributed by atoms with van der Waals surface area (Å²) in [5, 5.41) is 7.39. The molecule has 1 aliphatic heterocycles. The molecule has 4 aromatic rings. The number of hydrogen-bond donors (Lipinski definition) is 1. The first-order chi connectivity index (χ1) is 14.5. The van der Waals surface area contributed by atoms with E-state index in [9.17, 15) is 13.2 Å². The van der Waals surface area contributed by atoms with Gasteiger partial charge in [-0.2, -0.15) is 32.9 Å². The van der Waals surface area contributed by atoms with Crippen molar-refractivity contribution < 1.29 is 22.6 Å². The van der Waals surface area contributed by atoms with E-state index in [1.807, 2.05) is 18.2 Å². The molecule has 1 aliphatic rings. The number of rotatable bonds is 5. The maximum Gasteiger partial charge on any atom is 0.425 e. The summed E-state index contributed by atoms with van der Waals surface area (Å²) in [6, 6.07) is 6.69. The average molecular weight is 434 g/mol. The molecule has 0 spiro atoms. The predicted octanol–water partition coefficient (Wildman–Crippen LogP) is 3.67. The van der Waals surface area contributed by atoms with Gasteiger partial charge in [0, 0.05) is 6.54 Å². The van der Waals surface area contributed by atoms with E-state index in [1.54, 1.807) is 0 Å². The molecule has 1 N–H and O–H groups in total. The second-order valence-electron chi connectivity index (χ2n) is 6.40. The van der Waals surface area contributed by atoms with Gasteiger partial charge in [0.05, 0.1) is 5.39 Å². The van der Waals surface area contributed by atoms with Crippen molar-refractivity contribution in [3.05, 3.63) is 47.4 Å². The van der Waals surface area contributed by atoms with E-state index in [0.29, 0.717) is 47.0 Å². The Morgan fingerprint density at radius 3 is 2.80 bits per heavy atom. The van der Waals surface area contributed by atoms with Crippen LogP contribution in [0.1, 0.15) is 10.4 Å². The van der Waals surface area contributed by atoms with Crippen LogP contribution >= 0.6 is 11.3 Å². The van der Waals surface area contributed by atoms with Crippen molar-refractivity contribution >= 4 is 27.4 Å². The molecular formula is C18H13F3N6O2S. The second-order valence-corrected chi connectivity index (χ2v) is 7.43. The minimum Gasteiger partial charge on any atom is -0.454 e. The van der Waals surface area contributed by atoms with Crippen LogP contribution in [0.25, 0.3) is 16.2 Å². The summed E-state index contributed by atoms with van der Waals surface area (Å²) in [5.74, 6) is 1.82. The Kier molecular flexibility index (Phi) is 4.42. The largest absolute Gasteiger partial charge is 0.454 e. The number of benzene rings is 1. The number of nitrogens with one attached hydrogen (secondary N) is 1. The number of aromatic nitrogens is 5. The lowest BCUT2D eigenvalue weighted by molar-refractivity contribution is -0.134. The van der Waals surface area contributed by atoms with E-state index in [-0.39, 0.29) is 17.6 Å². The van der Waals surface area contributed by atoms with Crippen LogP contribution < -0.4 is 14.8 Å². The molecule has 4 heterocycles. The Bertz CT molecular complexity index is 1210. The SMILES string of the molecule is FC(F)(F)c1cc2c(NCCc3ccc4c(c3)OCO4)nc(-n3cncn3)nc2s1. The van der Waals surface area contributed by atoms with Crippen molar-refractivity contribution in [2.45, 2.75) is 12.6 Å². The zero-order valence-electron chi connectivity index (χ0n) is 15.2. The summed E-state index contributed by atoms with van der Waals surface area (Å²) in [6.45, 7) is 0.639. The fraction of sp³-hybridized carbons (Fsp3) is 0.222. The molecule has 0 atom stereocenters. The Hall–Kier alpha value is -3.41. The van der Waals surface area contributed by atoms with Crippen LogP contribution in [0.2, 0.25) is 0 Å². The van der Waals surface area contributed by atoms with Gasteiger partial charge in [0.25, 0.3) is 5.95 Å². The third kappa shape index (κ3) is 3.49. The number of anilines is 1. The normalized spacial score (nSPS) is 13.2. The molecule has 0 radical (unpaired) electrons. The average Bonchev–Trinajstić information content (AvgIpc) is 3.46. The van der Waals surface area contributed by atoms with Crippen LogP contribution in [0.5, 0.6) is 11.5 Å². The molecule has 0 unspecified atom stereocenters. The number of ether oxygens (including phenoxy) is 2. The van der Waals surface area contributed by atoms with Gasteiger partial charge in [-0.15, -0.1) is 11.3 Å². The molecule has 154 valence electrons. The zero-order chi connectivity index (χ0) is 20.7. The zero-order valence-corrected chi connectivity index (χ0v) is 16.0. The van der Waals surface area contributed by atoms with Crippen LogP contribution in [0, 0.1) is 0 Å². The van der Waals surface area contributed by atoms with Gasteiger partial charge >= 0.3 is 6.18 Å². The highest BCUT2D eigenvalue weighted by atomic mass is 32.1. The number of alkyl halides is 3. The van der Waals surface area contributed by atoms with Gasteiger partial charge < -0.3 is 14.8 Å². The lowest BCUT2D eigenvalue weighted by atomic mass is 10.1. The van der Waals surface area contributed by atoms with Crippen LogP contribution in [0.3, 0.4) is 0 Å². The van der Waals surface area contributed by atoms with Crippen LogP contribution in [-0.4, -0.2) is 38.1 Å². The van der Waals surface area contributed by atoms with Crippen molar-refractivity contribution in [2.24, 2.45) is 0 Å². The predicted molar refractivity (Wildman–Crippen MR) is 102 cm³/mol. The molecule has 3 aromatic heterocycles. The fourth-order valence-corrected chi connectivity index (χ4v) is 3.91. The summed E-state index contributed by atoms with van der Waals surface area (Å²) in [7, 11) is 0. The Morgan fingerprint density at radius 2 is 2.00 bits per heavy atom. The topological polar surface area (TPSA) is 87.0 Å². The van der Waals surface area contributed by atoms with Gasteiger partial charge in [0.1, 0.15) is 28.2 Å². The molecule has 0 saturated carbocycles. The van der Waals surface area contributed by atoms with Gasteiger partial charge in [-0.1, -0.05) is 6.07 Å². The number of hydrogen-bond acceptors (Lipinski definition) is 8. The monoisotopic (exact) mass is 434 g/mol. The van der Waals surface area contributed by atoms with E-state index >= 15 is 0 Å². The summed E-state index contributed by atoms with van der Waals surface area (Å²) in [6.07, 6.45) is -1.16. The molecule has 30 heavy (non-hydrogen) atoms. The van der Waals surface area contributed by atoms with Crippen molar-refractivity contribution in [3.63, 3.8) is 0 Å². The lowest BCUT2D eigenvalue weighted by Gasteiger charge is -2.09. The Balaban J connectivity index is 1.43. The minimum absolute atomic E-state index is 0.140.